The molecule has 0 aliphatic carbocycles. The fourth-order valence-corrected chi connectivity index (χ4v) is 3.06. The van der Waals surface area contributed by atoms with Gasteiger partial charge >= 0.3 is 0 Å². The van der Waals surface area contributed by atoms with Gasteiger partial charge in [0.05, 0.1) is 18.7 Å². The Morgan fingerprint density at radius 1 is 1.37 bits per heavy atom. The van der Waals surface area contributed by atoms with Crippen molar-refractivity contribution < 1.29 is 4.74 Å². The van der Waals surface area contributed by atoms with Crippen LogP contribution < -0.4 is 5.32 Å². The van der Waals surface area contributed by atoms with E-state index in [1.54, 1.807) is 18.9 Å². The topological polar surface area (TPSA) is 33.6 Å². The predicted molar refractivity (Wildman–Crippen MR) is 82.7 cm³/mol. The highest BCUT2D eigenvalue weighted by molar-refractivity contribution is 8.14. The smallest absolute Gasteiger partial charge is 0.157 e. The average molecular weight is 278 g/mol. The van der Waals surface area contributed by atoms with Crippen molar-refractivity contribution in [3.05, 3.63) is 35.9 Å². The standard InChI is InChI=1S/C15H22N2OS/c1-11(2)13(9-18-3)16-15-17-14(10-19-15)12-7-5-4-6-8-12/h4-8,11,13-14H,9-10H2,1-3H3,(H,16,17). The molecule has 19 heavy (non-hydrogen) atoms. The molecule has 0 radical (unpaired) electrons. The van der Waals surface area contributed by atoms with E-state index < -0.39 is 0 Å². The van der Waals surface area contributed by atoms with E-state index in [-0.39, 0.29) is 6.04 Å². The van der Waals surface area contributed by atoms with Crippen molar-refractivity contribution >= 4 is 16.9 Å². The highest BCUT2D eigenvalue weighted by Crippen LogP contribution is 2.29. The van der Waals surface area contributed by atoms with Crippen LogP contribution in [0.25, 0.3) is 0 Å². The third-order valence-corrected chi connectivity index (χ3v) is 4.27. The molecule has 1 aliphatic rings. The maximum Gasteiger partial charge on any atom is 0.157 e. The number of hydrogen-bond donors (Lipinski definition) is 1. The molecule has 0 fully saturated rings. The first-order valence-electron chi connectivity index (χ1n) is 6.71. The quantitative estimate of drug-likeness (QED) is 0.898. The van der Waals surface area contributed by atoms with E-state index in [4.69, 9.17) is 9.73 Å². The number of rotatable bonds is 5. The second-order valence-electron chi connectivity index (χ2n) is 5.12. The van der Waals surface area contributed by atoms with Crippen molar-refractivity contribution in [2.24, 2.45) is 10.9 Å². The van der Waals surface area contributed by atoms with Gasteiger partial charge in [0.25, 0.3) is 0 Å². The Bertz CT molecular complexity index is 419. The van der Waals surface area contributed by atoms with Gasteiger partial charge in [-0.05, 0) is 11.5 Å². The second-order valence-corrected chi connectivity index (χ2v) is 6.13. The lowest BCUT2D eigenvalue weighted by Gasteiger charge is -2.21. The van der Waals surface area contributed by atoms with Gasteiger partial charge in [0.15, 0.2) is 5.17 Å². The molecule has 0 amide bonds. The fourth-order valence-electron chi connectivity index (χ4n) is 2.04. The second kappa shape index (κ2) is 6.96. The monoisotopic (exact) mass is 278 g/mol. The van der Waals surface area contributed by atoms with Crippen LogP contribution in [0.2, 0.25) is 0 Å². The maximum absolute atomic E-state index is 5.26. The van der Waals surface area contributed by atoms with Crippen molar-refractivity contribution in [2.45, 2.75) is 25.9 Å². The lowest BCUT2D eigenvalue weighted by molar-refractivity contribution is 0.156. The van der Waals surface area contributed by atoms with Gasteiger partial charge in [0.2, 0.25) is 0 Å². The SMILES string of the molecule is COCC(NC1=NC(c2ccccc2)CS1)C(C)C. The van der Waals surface area contributed by atoms with E-state index in [1.807, 2.05) is 6.07 Å². The molecular weight excluding hydrogens is 256 g/mol. The number of methoxy groups -OCH3 is 1. The van der Waals surface area contributed by atoms with Crippen molar-refractivity contribution in [1.29, 1.82) is 0 Å². The van der Waals surface area contributed by atoms with Crippen molar-refractivity contribution in [3.63, 3.8) is 0 Å². The van der Waals surface area contributed by atoms with Crippen LogP contribution in [0.5, 0.6) is 0 Å². The average Bonchev–Trinajstić information content (AvgIpc) is 2.88. The summed E-state index contributed by atoms with van der Waals surface area (Å²) in [5.74, 6) is 1.54. The molecule has 2 rings (SSSR count). The first-order chi connectivity index (χ1) is 9.20. The molecule has 2 unspecified atom stereocenters. The van der Waals surface area contributed by atoms with Gasteiger partial charge in [0, 0.05) is 12.9 Å². The molecule has 3 nitrogen and oxygen atoms in total. The Labute approximate surface area is 119 Å². The molecule has 104 valence electrons. The van der Waals surface area contributed by atoms with E-state index in [0.29, 0.717) is 18.6 Å². The van der Waals surface area contributed by atoms with Crippen molar-refractivity contribution in [2.75, 3.05) is 19.5 Å². The Hall–Kier alpha value is -1.00. The molecule has 1 aromatic carbocycles. The Morgan fingerprint density at radius 2 is 2.11 bits per heavy atom. The van der Waals surface area contributed by atoms with Crippen LogP contribution in [0.4, 0.5) is 0 Å². The van der Waals surface area contributed by atoms with E-state index >= 15 is 0 Å². The molecular formula is C15H22N2OS. The van der Waals surface area contributed by atoms with Crippen LogP contribution in [0, 0.1) is 5.92 Å². The van der Waals surface area contributed by atoms with Crippen LogP contribution >= 0.6 is 11.8 Å². The third-order valence-electron chi connectivity index (χ3n) is 3.30. The highest BCUT2D eigenvalue weighted by Gasteiger charge is 2.22. The number of nitrogens with zero attached hydrogens (tertiary/aromatic N) is 1. The van der Waals surface area contributed by atoms with Gasteiger partial charge in [-0.2, -0.15) is 0 Å². The molecule has 0 aromatic heterocycles. The summed E-state index contributed by atoms with van der Waals surface area (Å²) in [6.45, 7) is 5.12. The summed E-state index contributed by atoms with van der Waals surface area (Å²) >= 11 is 1.80. The lowest BCUT2D eigenvalue weighted by atomic mass is 10.1. The first-order valence-corrected chi connectivity index (χ1v) is 7.70. The summed E-state index contributed by atoms with van der Waals surface area (Å²) in [7, 11) is 1.74. The Morgan fingerprint density at radius 3 is 2.74 bits per heavy atom. The van der Waals surface area contributed by atoms with Crippen LogP contribution in [0.15, 0.2) is 35.3 Å². The number of aliphatic imine (C=N–C) groups is 1. The van der Waals surface area contributed by atoms with Crippen molar-refractivity contribution in [1.82, 2.24) is 5.32 Å². The number of benzene rings is 1. The molecule has 1 aliphatic heterocycles. The van der Waals surface area contributed by atoms with Gasteiger partial charge in [-0.3, -0.25) is 4.99 Å². The summed E-state index contributed by atoms with van der Waals surface area (Å²) in [5.41, 5.74) is 1.29. The molecule has 0 saturated heterocycles. The molecule has 0 saturated carbocycles. The van der Waals surface area contributed by atoms with Crippen LogP contribution in [0.3, 0.4) is 0 Å². The normalized spacial score (nSPS) is 20.4. The Kier molecular flexibility index (Phi) is 5.28. The molecule has 2 atom stereocenters. The van der Waals surface area contributed by atoms with E-state index in [2.05, 4.69) is 43.4 Å². The fraction of sp³-hybridized carbons (Fsp3) is 0.533. The number of thioether (sulfide) groups is 1. The zero-order chi connectivity index (χ0) is 13.7. The zero-order valence-corrected chi connectivity index (χ0v) is 12.6. The number of nitrogens with one attached hydrogen (secondary N) is 1. The third kappa shape index (κ3) is 3.98. The largest absolute Gasteiger partial charge is 0.383 e. The van der Waals surface area contributed by atoms with Crippen molar-refractivity contribution in [3.8, 4) is 0 Å². The molecule has 0 spiro atoms. The van der Waals surface area contributed by atoms with Crippen LogP contribution in [-0.2, 0) is 4.74 Å². The van der Waals surface area contributed by atoms with Gasteiger partial charge in [-0.25, -0.2) is 0 Å². The molecule has 1 aromatic rings. The summed E-state index contributed by atoms with van der Waals surface area (Å²) < 4.78 is 5.26. The van der Waals surface area contributed by atoms with Gasteiger partial charge < -0.3 is 10.1 Å². The van der Waals surface area contributed by atoms with E-state index in [0.717, 1.165) is 10.9 Å². The zero-order valence-electron chi connectivity index (χ0n) is 11.8. The van der Waals surface area contributed by atoms with Crippen LogP contribution in [0.1, 0.15) is 25.5 Å². The summed E-state index contributed by atoms with van der Waals surface area (Å²) in [5, 5.41) is 4.55. The number of hydrogen-bond acceptors (Lipinski definition) is 4. The minimum absolute atomic E-state index is 0.282. The van der Waals surface area contributed by atoms with E-state index in [1.165, 1.54) is 5.56 Å². The number of amidine groups is 1. The molecule has 0 bridgehead atoms. The lowest BCUT2D eigenvalue weighted by Crippen LogP contribution is -2.40. The van der Waals surface area contributed by atoms with Gasteiger partial charge in [-0.15, -0.1) is 0 Å². The molecule has 1 heterocycles. The highest BCUT2D eigenvalue weighted by atomic mass is 32.2. The van der Waals surface area contributed by atoms with E-state index in [9.17, 15) is 0 Å². The molecule has 1 N–H and O–H groups in total. The predicted octanol–water partition coefficient (Wildman–Crippen LogP) is 3.09. The van der Waals surface area contributed by atoms with Gasteiger partial charge in [-0.1, -0.05) is 55.9 Å². The van der Waals surface area contributed by atoms with Crippen LogP contribution in [-0.4, -0.2) is 30.7 Å². The minimum atomic E-state index is 0.282. The first kappa shape index (κ1) is 14.4. The molecule has 4 heteroatoms. The van der Waals surface area contributed by atoms with Gasteiger partial charge in [0.1, 0.15) is 0 Å². The maximum atomic E-state index is 5.26. The number of ether oxygens (including phenoxy) is 1. The summed E-state index contributed by atoms with van der Waals surface area (Å²) in [6, 6.07) is 11.1. The Balaban J connectivity index is 1.99. The summed E-state index contributed by atoms with van der Waals surface area (Å²) in [6.07, 6.45) is 0. The minimum Gasteiger partial charge on any atom is -0.383 e. The summed E-state index contributed by atoms with van der Waals surface area (Å²) in [4.78, 5) is 4.78.